The Morgan fingerprint density at radius 2 is 1.88 bits per heavy atom. The van der Waals surface area contributed by atoms with Crippen LogP contribution in [0.5, 0.6) is 0 Å². The number of pyridine rings is 1. The highest BCUT2D eigenvalue weighted by Crippen LogP contribution is 2.41. The highest BCUT2D eigenvalue weighted by molar-refractivity contribution is 7.80. The molecule has 1 aliphatic rings. The van der Waals surface area contributed by atoms with Crippen LogP contribution in [-0.4, -0.2) is 51.6 Å². The van der Waals surface area contributed by atoms with Gasteiger partial charge in [0.25, 0.3) is 0 Å². The monoisotopic (exact) mass is 467 g/mol. The van der Waals surface area contributed by atoms with E-state index in [2.05, 4.69) is 76.9 Å². The molecular weight excluding hydrogens is 438 g/mol. The number of benzene rings is 1. The van der Waals surface area contributed by atoms with Crippen molar-refractivity contribution in [1.82, 2.24) is 24.7 Å². The van der Waals surface area contributed by atoms with Crippen LogP contribution in [-0.2, 0) is 0 Å². The predicted molar refractivity (Wildman–Crippen MR) is 136 cm³/mol. The lowest BCUT2D eigenvalue weighted by atomic mass is 9.96. The molecule has 2 aromatic heterocycles. The number of halogens is 1. The van der Waals surface area contributed by atoms with Gasteiger partial charge < -0.3 is 19.7 Å². The maximum Gasteiger partial charge on any atom is 0.170 e. The Hall–Kier alpha value is -2.41. The lowest BCUT2D eigenvalue weighted by Gasteiger charge is -2.28. The van der Waals surface area contributed by atoms with Gasteiger partial charge in [0.2, 0.25) is 0 Å². The van der Waals surface area contributed by atoms with Crippen molar-refractivity contribution in [3.63, 3.8) is 0 Å². The number of rotatable bonds is 7. The third-order valence-corrected chi connectivity index (χ3v) is 6.68. The Morgan fingerprint density at radius 3 is 2.53 bits per heavy atom. The van der Waals surface area contributed by atoms with Crippen molar-refractivity contribution in [2.24, 2.45) is 0 Å². The molecule has 0 aliphatic carbocycles. The zero-order valence-corrected chi connectivity index (χ0v) is 20.6. The summed E-state index contributed by atoms with van der Waals surface area (Å²) in [6.07, 6.45) is 2.89. The van der Waals surface area contributed by atoms with Gasteiger partial charge in [-0.25, -0.2) is 0 Å². The van der Waals surface area contributed by atoms with Gasteiger partial charge in [0.05, 0.1) is 17.8 Å². The van der Waals surface area contributed by atoms with E-state index in [1.807, 2.05) is 30.5 Å². The molecule has 0 amide bonds. The first-order valence-electron chi connectivity index (χ1n) is 10.9. The van der Waals surface area contributed by atoms with E-state index in [4.69, 9.17) is 23.8 Å². The molecule has 168 valence electrons. The number of aryl methyl sites for hydroxylation is 1. The molecule has 1 aromatic carbocycles. The van der Waals surface area contributed by atoms with Crippen molar-refractivity contribution >= 4 is 28.9 Å². The van der Waals surface area contributed by atoms with Crippen LogP contribution >= 0.6 is 23.8 Å². The number of aromatic nitrogens is 2. The highest BCUT2D eigenvalue weighted by Gasteiger charge is 2.41. The van der Waals surface area contributed by atoms with Gasteiger partial charge in [-0.3, -0.25) is 4.98 Å². The quantitative estimate of drug-likeness (QED) is 0.491. The second-order valence-corrected chi connectivity index (χ2v) is 9.44. The van der Waals surface area contributed by atoms with Crippen LogP contribution in [0.4, 0.5) is 0 Å². The normalized spacial score (nSPS) is 18.4. The van der Waals surface area contributed by atoms with Gasteiger partial charge in [0.15, 0.2) is 5.11 Å². The number of nitrogens with one attached hydrogen (secondary N) is 1. The minimum absolute atomic E-state index is 0.00206. The van der Waals surface area contributed by atoms with Gasteiger partial charge in [-0.05, 0) is 101 Å². The van der Waals surface area contributed by atoms with Crippen molar-refractivity contribution in [1.29, 1.82) is 0 Å². The predicted octanol–water partition coefficient (Wildman–Crippen LogP) is 5.07. The maximum atomic E-state index is 6.13. The van der Waals surface area contributed by atoms with Crippen molar-refractivity contribution in [3.05, 3.63) is 82.4 Å². The van der Waals surface area contributed by atoms with Gasteiger partial charge in [0.1, 0.15) is 0 Å². The number of thiocarbonyl (C=S) groups is 1. The molecule has 1 fully saturated rings. The Bertz CT molecular complexity index is 1080. The molecule has 5 nitrogen and oxygen atoms in total. The van der Waals surface area contributed by atoms with Crippen LogP contribution in [0.2, 0.25) is 5.02 Å². The topological polar surface area (TPSA) is 36.3 Å². The Labute approximate surface area is 201 Å². The third-order valence-electron chi connectivity index (χ3n) is 6.08. The third kappa shape index (κ3) is 4.53. The van der Waals surface area contributed by atoms with Crippen LogP contribution in [0.25, 0.3) is 5.69 Å². The fraction of sp³-hybridized carbons (Fsp3) is 0.360. The summed E-state index contributed by atoms with van der Waals surface area (Å²) in [4.78, 5) is 9.21. The van der Waals surface area contributed by atoms with Crippen LogP contribution in [0.15, 0.2) is 54.7 Å². The number of hydrogen-bond acceptors (Lipinski definition) is 3. The molecule has 0 saturated carbocycles. The average molecular weight is 468 g/mol. The largest absolute Gasteiger partial charge is 0.352 e. The smallest absolute Gasteiger partial charge is 0.170 e. The summed E-state index contributed by atoms with van der Waals surface area (Å²) in [6.45, 7) is 6.25. The molecule has 4 rings (SSSR count). The molecule has 32 heavy (non-hydrogen) atoms. The minimum Gasteiger partial charge on any atom is -0.352 e. The van der Waals surface area contributed by atoms with Crippen molar-refractivity contribution in [2.75, 3.05) is 27.2 Å². The summed E-state index contributed by atoms with van der Waals surface area (Å²) in [5.74, 6) is 0. The molecule has 1 aliphatic heterocycles. The van der Waals surface area contributed by atoms with Gasteiger partial charge in [-0.15, -0.1) is 0 Å². The fourth-order valence-corrected chi connectivity index (χ4v) is 5.07. The lowest BCUT2D eigenvalue weighted by molar-refractivity contribution is 0.292. The van der Waals surface area contributed by atoms with E-state index < -0.39 is 0 Å². The molecule has 0 bridgehead atoms. The van der Waals surface area contributed by atoms with Gasteiger partial charge >= 0.3 is 0 Å². The van der Waals surface area contributed by atoms with E-state index in [1.165, 1.54) is 17.0 Å². The summed E-state index contributed by atoms with van der Waals surface area (Å²) in [5.41, 5.74) is 5.78. The standard InChI is InChI=1S/C25H30ClN5S/c1-17-16-21(18(2)31(17)20-11-9-19(26)10-12-20)24-23(22-8-5-6-13-27-22)28-25(32)30(24)15-7-14-29(3)4/h5-6,8-13,16,23-24H,7,14-15H2,1-4H3,(H,28,32)/t23-,24+/m1/s1. The lowest BCUT2D eigenvalue weighted by Crippen LogP contribution is -2.32. The zero-order chi connectivity index (χ0) is 22.8. The van der Waals surface area contributed by atoms with Crippen molar-refractivity contribution in [2.45, 2.75) is 32.4 Å². The molecule has 1 saturated heterocycles. The Morgan fingerprint density at radius 1 is 1.12 bits per heavy atom. The van der Waals surface area contributed by atoms with Crippen molar-refractivity contribution < 1.29 is 0 Å². The molecule has 2 atom stereocenters. The number of nitrogens with zero attached hydrogens (tertiary/aromatic N) is 4. The van der Waals surface area contributed by atoms with E-state index in [9.17, 15) is 0 Å². The summed E-state index contributed by atoms with van der Waals surface area (Å²) in [7, 11) is 4.21. The van der Waals surface area contributed by atoms with Gasteiger partial charge in [-0.1, -0.05) is 17.7 Å². The van der Waals surface area contributed by atoms with E-state index in [-0.39, 0.29) is 12.1 Å². The summed E-state index contributed by atoms with van der Waals surface area (Å²) < 4.78 is 2.29. The van der Waals surface area contributed by atoms with Gasteiger partial charge in [-0.2, -0.15) is 0 Å². The van der Waals surface area contributed by atoms with E-state index in [1.54, 1.807) is 0 Å². The summed E-state index contributed by atoms with van der Waals surface area (Å²) in [5, 5.41) is 5.10. The molecule has 3 heterocycles. The zero-order valence-electron chi connectivity index (χ0n) is 19.0. The van der Waals surface area contributed by atoms with Crippen LogP contribution in [0, 0.1) is 13.8 Å². The Kier molecular flexibility index (Phi) is 6.84. The molecule has 1 N–H and O–H groups in total. The molecule has 0 spiro atoms. The molecule has 7 heteroatoms. The Balaban J connectivity index is 1.76. The minimum atomic E-state index is 0.00206. The van der Waals surface area contributed by atoms with E-state index in [0.29, 0.717) is 0 Å². The average Bonchev–Trinajstić information content (AvgIpc) is 3.25. The fourth-order valence-electron chi connectivity index (χ4n) is 4.62. The summed E-state index contributed by atoms with van der Waals surface area (Å²) >= 11 is 11.9. The molecule has 0 unspecified atom stereocenters. The van der Waals surface area contributed by atoms with E-state index >= 15 is 0 Å². The molecule has 0 radical (unpaired) electrons. The second-order valence-electron chi connectivity index (χ2n) is 8.62. The highest BCUT2D eigenvalue weighted by atomic mass is 35.5. The second kappa shape index (κ2) is 9.61. The van der Waals surface area contributed by atoms with E-state index in [0.717, 1.165) is 41.0 Å². The first-order chi connectivity index (χ1) is 15.4. The SMILES string of the molecule is Cc1cc([C@H]2[C@@H](c3ccccn3)NC(=S)N2CCCN(C)C)c(C)n1-c1ccc(Cl)cc1. The number of hydrogen-bond donors (Lipinski definition) is 1. The molecule has 3 aromatic rings. The first kappa shape index (κ1) is 22.8. The van der Waals surface area contributed by atoms with Gasteiger partial charge in [0, 0.05) is 34.8 Å². The van der Waals surface area contributed by atoms with Crippen LogP contribution in [0.3, 0.4) is 0 Å². The molecular formula is C25H30ClN5S. The van der Waals surface area contributed by atoms with Crippen LogP contribution < -0.4 is 5.32 Å². The maximum absolute atomic E-state index is 6.13. The van der Waals surface area contributed by atoms with Crippen LogP contribution in [0.1, 0.15) is 41.1 Å². The first-order valence-corrected chi connectivity index (χ1v) is 11.7. The summed E-state index contributed by atoms with van der Waals surface area (Å²) in [6, 6.07) is 16.4. The van der Waals surface area contributed by atoms with Crippen molar-refractivity contribution in [3.8, 4) is 5.69 Å².